The van der Waals surface area contributed by atoms with E-state index in [9.17, 15) is 122 Å². The van der Waals surface area contributed by atoms with Crippen LogP contribution in [-0.4, -0.2) is 402 Å². The van der Waals surface area contributed by atoms with Gasteiger partial charge >= 0.3 is 11.9 Å². The average molecular weight is 1730 g/mol. The number of rotatable bonds is 26. The molecule has 7 saturated heterocycles. The van der Waals surface area contributed by atoms with Crippen molar-refractivity contribution in [2.45, 2.75) is 353 Å². The maximum Gasteiger partial charge on any atom is 0.336 e. The van der Waals surface area contributed by atoms with E-state index >= 15 is 4.79 Å². The van der Waals surface area contributed by atoms with Gasteiger partial charge in [-0.2, -0.15) is 0 Å². The Morgan fingerprint density at radius 1 is 0.517 bits per heavy atom. The molecular formula is C80H128O40. The monoisotopic (exact) mass is 1730 g/mol. The van der Waals surface area contributed by atoms with Crippen molar-refractivity contribution in [2.75, 3.05) is 46.2 Å². The van der Waals surface area contributed by atoms with E-state index < -0.39 is 330 Å². The third-order valence-electron chi connectivity index (χ3n) is 29.3. The predicted octanol–water partition coefficient (Wildman–Crippen LogP) is -7.13. The summed E-state index contributed by atoms with van der Waals surface area (Å²) in [6, 6.07) is 0. The molecule has 688 valence electrons. The van der Waals surface area contributed by atoms with Gasteiger partial charge in [0.15, 0.2) is 43.8 Å². The molecule has 44 atom stereocenters. The van der Waals surface area contributed by atoms with Gasteiger partial charge in [0.25, 0.3) is 0 Å². The zero-order valence-electron chi connectivity index (χ0n) is 68.7. The molecule has 0 bridgehead atoms. The molecule has 40 nitrogen and oxygen atoms in total. The van der Waals surface area contributed by atoms with Crippen LogP contribution in [0.5, 0.6) is 0 Å². The molecule has 5 aliphatic carbocycles. The molecule has 0 amide bonds. The number of aliphatic hydroxyl groups excluding tert-OH is 22. The third kappa shape index (κ3) is 17.4. The summed E-state index contributed by atoms with van der Waals surface area (Å²) in [5.41, 5.74) is -7.20. The van der Waals surface area contributed by atoms with Crippen molar-refractivity contribution >= 4 is 11.9 Å². The fourth-order valence-corrected chi connectivity index (χ4v) is 21.6. The minimum Gasteiger partial charge on any atom is -0.458 e. The normalized spacial score (nSPS) is 50.7. The number of carbonyl (C=O) groups is 2. The van der Waals surface area contributed by atoms with Gasteiger partial charge in [0.2, 0.25) is 6.29 Å². The molecule has 0 aromatic heterocycles. The van der Waals surface area contributed by atoms with Crippen LogP contribution in [0, 0.1) is 50.2 Å². The number of aliphatic hydroxyl groups is 23. The van der Waals surface area contributed by atoms with Gasteiger partial charge < -0.3 is 189 Å². The quantitative estimate of drug-likeness (QED) is 0.0166. The Morgan fingerprint density at radius 2 is 1.01 bits per heavy atom. The average Bonchev–Trinajstić information content (AvgIpc) is 0.718. The highest BCUT2D eigenvalue weighted by molar-refractivity contribution is 5.89. The van der Waals surface area contributed by atoms with E-state index in [-0.39, 0.29) is 43.1 Å². The molecule has 12 aliphatic rings. The summed E-state index contributed by atoms with van der Waals surface area (Å²) in [6.45, 7) is 15.2. The Morgan fingerprint density at radius 3 is 1.57 bits per heavy atom. The fourth-order valence-electron chi connectivity index (χ4n) is 21.6. The molecule has 7 heterocycles. The first-order valence-corrected chi connectivity index (χ1v) is 41.5. The highest BCUT2D eigenvalue weighted by Crippen LogP contribution is 2.76. The second-order valence-electron chi connectivity index (χ2n) is 37.3. The van der Waals surface area contributed by atoms with Gasteiger partial charge in [-0.15, -0.1) is 6.58 Å². The van der Waals surface area contributed by atoms with Crippen molar-refractivity contribution in [2.24, 2.45) is 50.2 Å². The lowest BCUT2D eigenvalue weighted by molar-refractivity contribution is -0.390. The lowest BCUT2D eigenvalue weighted by Gasteiger charge is -2.72. The summed E-state index contributed by atoms with van der Waals surface area (Å²) in [4.78, 5) is 31.1. The number of esters is 2. The minimum absolute atomic E-state index is 0.00807. The molecule has 120 heavy (non-hydrogen) atoms. The maximum absolute atomic E-state index is 16.6. The fraction of sp³-hybridized carbons (Fsp3) is 0.900. The molecule has 0 radical (unpaired) electrons. The molecule has 7 aliphatic heterocycles. The molecule has 0 spiro atoms. The third-order valence-corrected chi connectivity index (χ3v) is 29.3. The zero-order valence-corrected chi connectivity index (χ0v) is 68.7. The second kappa shape index (κ2) is 37.1. The van der Waals surface area contributed by atoms with Crippen LogP contribution in [0.2, 0.25) is 0 Å². The van der Waals surface area contributed by atoms with Gasteiger partial charge in [0, 0.05) is 11.8 Å². The van der Waals surface area contributed by atoms with E-state index in [0.29, 0.717) is 32.1 Å². The SMILES string of the molecule is C=CC(C)(O)CCC=C(CO)C(=O)OC1CC2(C(=O)OC3OC(CO)C(O)C(O)C3OC3OC(C)C(OC4OC(CO)C(O)C4O)C(OC4OC(CO)C(O)C(O)C4O)C3O)C(O)CC3(C)C(=CCC4C5(C)CCC(OC6OC(COC7OCC(O)C(O)C7O)C(O)C(O)C6OC6OC(CO)C(O)C(O)C6O)C(C)(C)C5CCC43C)C2CC1(C)C. The molecule has 4 saturated carbocycles. The van der Waals surface area contributed by atoms with Crippen molar-refractivity contribution in [3.05, 3.63) is 36.0 Å². The molecule has 23 N–H and O–H groups in total. The van der Waals surface area contributed by atoms with E-state index in [0.717, 1.165) is 5.57 Å². The number of hydrogen-bond donors (Lipinski definition) is 23. The first-order chi connectivity index (χ1) is 56.3. The van der Waals surface area contributed by atoms with Gasteiger partial charge in [0.1, 0.15) is 158 Å². The first-order valence-electron chi connectivity index (χ1n) is 41.5. The molecular weight excluding hydrogens is 1600 g/mol. The van der Waals surface area contributed by atoms with Crippen molar-refractivity contribution in [1.82, 2.24) is 0 Å². The first kappa shape index (κ1) is 95.8. The van der Waals surface area contributed by atoms with Crippen molar-refractivity contribution < 1.29 is 198 Å². The highest BCUT2D eigenvalue weighted by atomic mass is 16.8. The number of carbonyl (C=O) groups excluding carboxylic acids is 2. The standard InChI is InChI=1S/C80H128O40/c1-11-76(7,105)18-12-13-32(24-81)65(103)114-45-23-80(73(104)120-72-64(54(96)49(91)38(27-84)112-72)119-70-60(102)62(117-68-58(100)52(94)47(89)36(25-82)109-68)61(31(2)108-70)116-67-57(99)50(92)39(28-85)111-67)34(21-74(45,3)4)33-14-15-42-77(8)19-17-44(75(5,6)41(77)16-20-78(42,9)79(33,10)22-43(80)87)115-71-63(118-69-59(101)53(95)48(90)37(26-83)110-69)55(97)51(93)40(113-71)30-107-66-56(98)46(88)35(86)29-106-66/h11,13-14,31,34-64,66-72,81-102,105H,1,12,15-30H2,2-10H3. The summed E-state index contributed by atoms with van der Waals surface area (Å²) in [7, 11) is 0. The van der Waals surface area contributed by atoms with Gasteiger partial charge in [-0.1, -0.05) is 72.3 Å². The summed E-state index contributed by atoms with van der Waals surface area (Å²) < 4.78 is 91.6. The largest absolute Gasteiger partial charge is 0.458 e. The van der Waals surface area contributed by atoms with Gasteiger partial charge in [-0.05, 0) is 111 Å². The van der Waals surface area contributed by atoms with Crippen LogP contribution in [0.25, 0.3) is 0 Å². The predicted molar refractivity (Wildman–Crippen MR) is 399 cm³/mol. The second-order valence-corrected chi connectivity index (χ2v) is 37.3. The van der Waals surface area contributed by atoms with Crippen LogP contribution < -0.4 is 0 Å². The van der Waals surface area contributed by atoms with Crippen LogP contribution in [0.3, 0.4) is 0 Å². The molecule has 12 rings (SSSR count). The molecule has 0 aromatic rings. The van der Waals surface area contributed by atoms with Crippen LogP contribution >= 0.6 is 0 Å². The van der Waals surface area contributed by atoms with Crippen LogP contribution in [0.15, 0.2) is 36.0 Å². The van der Waals surface area contributed by atoms with Crippen molar-refractivity contribution in [1.29, 1.82) is 0 Å². The van der Waals surface area contributed by atoms with Crippen molar-refractivity contribution in [3.63, 3.8) is 0 Å². The van der Waals surface area contributed by atoms with E-state index in [1.54, 1.807) is 0 Å². The Kier molecular flexibility index (Phi) is 29.6. The Bertz CT molecular complexity index is 3530. The van der Waals surface area contributed by atoms with Crippen LogP contribution in [0.1, 0.15) is 127 Å². The van der Waals surface area contributed by atoms with E-state index in [1.807, 2.05) is 34.6 Å². The number of ether oxygens (including phenoxy) is 15. The lowest BCUT2D eigenvalue weighted by atomic mass is 9.33. The Balaban J connectivity index is 0.860. The molecule has 44 unspecified atom stereocenters. The summed E-state index contributed by atoms with van der Waals surface area (Å²) >= 11 is 0. The molecule has 11 fully saturated rings. The van der Waals surface area contributed by atoms with Gasteiger partial charge in [0.05, 0.1) is 75.7 Å². The smallest absolute Gasteiger partial charge is 0.336 e. The van der Waals surface area contributed by atoms with Crippen molar-refractivity contribution in [3.8, 4) is 0 Å². The Hall–Kier alpha value is -3.28. The number of allylic oxidation sites excluding steroid dienone is 3. The van der Waals surface area contributed by atoms with E-state index in [1.165, 1.54) is 26.0 Å². The topological polar surface area (TPSA) is 638 Å². The number of fused-ring (bicyclic) bond motifs is 7. The van der Waals surface area contributed by atoms with Gasteiger partial charge in [-0.3, -0.25) is 4.79 Å². The van der Waals surface area contributed by atoms with Crippen LogP contribution in [-0.2, 0) is 80.6 Å². The van der Waals surface area contributed by atoms with Gasteiger partial charge in [-0.25, -0.2) is 4.79 Å². The number of hydrogen-bond acceptors (Lipinski definition) is 40. The summed E-state index contributed by atoms with van der Waals surface area (Å²) in [5.74, 6) is -3.63. The molecule has 0 aromatic carbocycles. The van der Waals surface area contributed by atoms with E-state index in [4.69, 9.17) is 71.1 Å². The zero-order chi connectivity index (χ0) is 88.1. The van der Waals surface area contributed by atoms with E-state index in [2.05, 4.69) is 26.5 Å². The minimum atomic E-state index is -2.26. The van der Waals surface area contributed by atoms with Crippen LogP contribution in [0.4, 0.5) is 0 Å². The Labute approximate surface area is 693 Å². The maximum atomic E-state index is 16.6. The highest BCUT2D eigenvalue weighted by Gasteiger charge is 2.74. The summed E-state index contributed by atoms with van der Waals surface area (Å²) in [5, 5.41) is 255. The lowest BCUT2D eigenvalue weighted by Crippen LogP contribution is -2.70. The molecule has 40 heteroatoms. The summed E-state index contributed by atoms with van der Waals surface area (Å²) in [6.07, 6.45) is -57.6.